The summed E-state index contributed by atoms with van der Waals surface area (Å²) < 4.78 is 13.2. The van der Waals surface area contributed by atoms with E-state index in [0.29, 0.717) is 12.3 Å². The van der Waals surface area contributed by atoms with E-state index in [4.69, 9.17) is 0 Å². The van der Waals surface area contributed by atoms with Crippen molar-refractivity contribution in [3.8, 4) is 0 Å². The molecule has 1 saturated heterocycles. The highest BCUT2D eigenvalue weighted by Gasteiger charge is 2.23. The van der Waals surface area contributed by atoms with E-state index in [0.717, 1.165) is 42.7 Å². The Morgan fingerprint density at radius 2 is 2.23 bits per heavy atom. The topological polar surface area (TPSA) is 39.3 Å². The number of hydrogen-bond acceptors (Lipinski definition) is 2. The van der Waals surface area contributed by atoms with Gasteiger partial charge in [0.15, 0.2) is 0 Å². The lowest BCUT2D eigenvalue weighted by Crippen LogP contribution is -2.41. The Balaban J connectivity index is 1.60. The Hall–Kier alpha value is -1.88. The van der Waals surface area contributed by atoms with Crippen LogP contribution in [0.25, 0.3) is 10.9 Å². The summed E-state index contributed by atoms with van der Waals surface area (Å²) in [6, 6.07) is 6.81. The smallest absolute Gasteiger partial charge is 0.222 e. The fraction of sp³-hybridized carbons (Fsp3) is 0.471. The molecule has 1 aliphatic heterocycles. The summed E-state index contributed by atoms with van der Waals surface area (Å²) in [7, 11) is 3.96. The summed E-state index contributed by atoms with van der Waals surface area (Å²) in [4.78, 5) is 18.9. The molecule has 0 bridgehead atoms. The number of halogens is 1. The minimum atomic E-state index is -0.207. The molecule has 1 N–H and O–H groups in total. The number of rotatable bonds is 4. The van der Waals surface area contributed by atoms with Crippen LogP contribution < -0.4 is 0 Å². The molecule has 22 heavy (non-hydrogen) atoms. The van der Waals surface area contributed by atoms with Gasteiger partial charge in [0.2, 0.25) is 5.91 Å². The van der Waals surface area contributed by atoms with Crippen molar-refractivity contribution in [2.45, 2.75) is 19.4 Å². The van der Waals surface area contributed by atoms with Gasteiger partial charge in [-0.1, -0.05) is 0 Å². The number of carbonyl (C=O) groups excluding carboxylic acids is 1. The highest BCUT2D eigenvalue weighted by molar-refractivity contribution is 5.80. The highest BCUT2D eigenvalue weighted by Crippen LogP contribution is 2.20. The fourth-order valence-electron chi connectivity index (χ4n) is 3.29. The van der Waals surface area contributed by atoms with Crippen LogP contribution in [0.5, 0.6) is 0 Å². The molecule has 0 aliphatic carbocycles. The Morgan fingerprint density at radius 3 is 3.00 bits per heavy atom. The Bertz CT molecular complexity index is 682. The highest BCUT2D eigenvalue weighted by atomic mass is 19.1. The van der Waals surface area contributed by atoms with Gasteiger partial charge in [-0.2, -0.15) is 0 Å². The number of likely N-dealkylation sites (tertiary alicyclic amines) is 1. The van der Waals surface area contributed by atoms with Crippen LogP contribution in [0.3, 0.4) is 0 Å². The molecular weight excluding hydrogens is 281 g/mol. The Kier molecular flexibility index (Phi) is 4.16. The molecule has 0 radical (unpaired) electrons. The van der Waals surface area contributed by atoms with Gasteiger partial charge in [0.05, 0.1) is 0 Å². The summed E-state index contributed by atoms with van der Waals surface area (Å²) in [5, 5.41) is 0.909. The molecule has 1 aliphatic rings. The van der Waals surface area contributed by atoms with E-state index >= 15 is 0 Å². The van der Waals surface area contributed by atoms with Crippen molar-refractivity contribution in [3.05, 3.63) is 35.8 Å². The summed E-state index contributed by atoms with van der Waals surface area (Å²) >= 11 is 0. The molecule has 4 nitrogen and oxygen atoms in total. The maximum atomic E-state index is 13.2. The number of piperidine rings is 1. The third kappa shape index (κ3) is 3.30. The van der Waals surface area contributed by atoms with Crippen molar-refractivity contribution in [1.82, 2.24) is 14.8 Å². The first-order valence-electron chi connectivity index (χ1n) is 7.71. The van der Waals surface area contributed by atoms with Gasteiger partial charge in [-0.05, 0) is 43.7 Å². The first-order chi connectivity index (χ1) is 10.5. The van der Waals surface area contributed by atoms with Crippen molar-refractivity contribution >= 4 is 16.8 Å². The molecule has 118 valence electrons. The van der Waals surface area contributed by atoms with Gasteiger partial charge in [0.1, 0.15) is 5.82 Å². The lowest BCUT2D eigenvalue weighted by atomic mass is 9.97. The van der Waals surface area contributed by atoms with Gasteiger partial charge < -0.3 is 14.8 Å². The number of nitrogens with one attached hydrogen (secondary N) is 1. The monoisotopic (exact) mass is 303 g/mol. The van der Waals surface area contributed by atoms with E-state index in [2.05, 4.69) is 16.9 Å². The molecule has 3 rings (SSSR count). The Labute approximate surface area is 129 Å². The van der Waals surface area contributed by atoms with E-state index in [1.54, 1.807) is 12.1 Å². The van der Waals surface area contributed by atoms with Gasteiger partial charge >= 0.3 is 0 Å². The van der Waals surface area contributed by atoms with Crippen molar-refractivity contribution < 1.29 is 9.18 Å². The summed E-state index contributed by atoms with van der Waals surface area (Å²) in [5.74, 6) is 0.562. The maximum Gasteiger partial charge on any atom is 0.222 e. The zero-order valence-electron chi connectivity index (χ0n) is 13.1. The molecule has 5 heteroatoms. The molecule has 1 fully saturated rings. The third-order valence-electron chi connectivity index (χ3n) is 4.37. The number of aromatic nitrogens is 1. The normalized spacial score (nSPS) is 19.4. The number of nitrogens with zero attached hydrogens (tertiary/aromatic N) is 2. The molecule has 1 unspecified atom stereocenters. The van der Waals surface area contributed by atoms with E-state index in [1.165, 1.54) is 6.07 Å². The molecule has 2 aromatic rings. The van der Waals surface area contributed by atoms with Crippen LogP contribution in [0.15, 0.2) is 24.3 Å². The van der Waals surface area contributed by atoms with Crippen LogP contribution in [0.1, 0.15) is 18.5 Å². The predicted octanol–water partition coefficient (Wildman–Crippen LogP) is 2.61. The quantitative estimate of drug-likeness (QED) is 0.943. The molecule has 1 amide bonds. The maximum absolute atomic E-state index is 13.2. The fourth-order valence-corrected chi connectivity index (χ4v) is 3.29. The van der Waals surface area contributed by atoms with E-state index in [-0.39, 0.29) is 11.7 Å². The third-order valence-corrected chi connectivity index (χ3v) is 4.37. The van der Waals surface area contributed by atoms with Crippen molar-refractivity contribution in [3.63, 3.8) is 0 Å². The zero-order valence-corrected chi connectivity index (χ0v) is 13.1. The summed E-state index contributed by atoms with van der Waals surface area (Å²) in [6.07, 6.45) is 1.62. The van der Waals surface area contributed by atoms with Gasteiger partial charge in [0, 0.05) is 49.7 Å². The average molecular weight is 303 g/mol. The number of amides is 1. The Morgan fingerprint density at radius 1 is 1.41 bits per heavy atom. The summed E-state index contributed by atoms with van der Waals surface area (Å²) in [5.41, 5.74) is 2.05. The van der Waals surface area contributed by atoms with Crippen molar-refractivity contribution in [2.24, 2.45) is 5.92 Å². The lowest BCUT2D eigenvalue weighted by molar-refractivity contribution is -0.133. The SMILES string of the molecule is CN(Cc1cc2cc(F)ccc2[nH]1)CC1CCC(=O)N(C)C1. The molecule has 1 aromatic heterocycles. The minimum absolute atomic E-state index is 0.207. The first-order valence-corrected chi connectivity index (χ1v) is 7.71. The second-order valence-corrected chi connectivity index (χ2v) is 6.40. The van der Waals surface area contributed by atoms with Crippen molar-refractivity contribution in [2.75, 3.05) is 27.2 Å². The van der Waals surface area contributed by atoms with Gasteiger partial charge in [-0.15, -0.1) is 0 Å². The summed E-state index contributed by atoms with van der Waals surface area (Å²) in [6.45, 7) is 2.59. The number of carbonyl (C=O) groups is 1. The number of H-pyrrole nitrogens is 1. The predicted molar refractivity (Wildman–Crippen MR) is 85.0 cm³/mol. The molecule has 0 spiro atoms. The minimum Gasteiger partial charge on any atom is -0.357 e. The number of hydrogen-bond donors (Lipinski definition) is 1. The van der Waals surface area contributed by atoms with Crippen LogP contribution in [-0.2, 0) is 11.3 Å². The van der Waals surface area contributed by atoms with Crippen LogP contribution >= 0.6 is 0 Å². The first kappa shape index (κ1) is 15.0. The number of aromatic amines is 1. The second kappa shape index (κ2) is 6.08. The largest absolute Gasteiger partial charge is 0.357 e. The van der Waals surface area contributed by atoms with E-state index in [9.17, 15) is 9.18 Å². The molecule has 2 heterocycles. The molecular formula is C17H22FN3O. The molecule has 1 aromatic carbocycles. The van der Waals surface area contributed by atoms with Crippen LogP contribution in [0, 0.1) is 11.7 Å². The van der Waals surface area contributed by atoms with Crippen LogP contribution in [0.4, 0.5) is 4.39 Å². The average Bonchev–Trinajstić information content (AvgIpc) is 2.84. The van der Waals surface area contributed by atoms with Crippen LogP contribution in [-0.4, -0.2) is 47.9 Å². The van der Waals surface area contributed by atoms with E-state index in [1.807, 2.05) is 18.0 Å². The lowest BCUT2D eigenvalue weighted by Gasteiger charge is -2.32. The number of benzene rings is 1. The molecule has 0 saturated carbocycles. The van der Waals surface area contributed by atoms with Crippen molar-refractivity contribution in [1.29, 1.82) is 0 Å². The van der Waals surface area contributed by atoms with Gasteiger partial charge in [-0.3, -0.25) is 4.79 Å². The standard InChI is InChI=1S/C17H22FN3O/c1-20(9-12-3-6-17(22)21(2)10-12)11-15-8-13-7-14(18)4-5-16(13)19-15/h4-5,7-8,12,19H,3,6,9-11H2,1-2H3. The van der Waals surface area contributed by atoms with E-state index < -0.39 is 0 Å². The van der Waals surface area contributed by atoms with Gasteiger partial charge in [-0.25, -0.2) is 4.39 Å². The van der Waals surface area contributed by atoms with Crippen LogP contribution in [0.2, 0.25) is 0 Å². The zero-order chi connectivity index (χ0) is 15.7. The number of fused-ring (bicyclic) bond motifs is 1. The van der Waals surface area contributed by atoms with Gasteiger partial charge in [0.25, 0.3) is 0 Å². The molecule has 1 atom stereocenters. The second-order valence-electron chi connectivity index (χ2n) is 6.40.